The largest absolute Gasteiger partial charge is 0.416 e. The summed E-state index contributed by atoms with van der Waals surface area (Å²) in [5, 5.41) is 9.62. The summed E-state index contributed by atoms with van der Waals surface area (Å²) in [6.07, 6.45) is -4.51. The Hall–Kier alpha value is -3.53. The average Bonchev–Trinajstić information content (AvgIpc) is 3.01. The third kappa shape index (κ3) is 2.35. The molecule has 26 heavy (non-hydrogen) atoms. The Kier molecular flexibility index (Phi) is 3.37. The summed E-state index contributed by atoms with van der Waals surface area (Å²) in [6, 6.07) is 14.8. The molecule has 0 aliphatic carbocycles. The normalized spacial score (nSPS) is 11.8. The van der Waals surface area contributed by atoms with Crippen LogP contribution in [0.2, 0.25) is 0 Å². The first kappa shape index (κ1) is 16.0. The number of rotatable bonds is 1. The van der Waals surface area contributed by atoms with E-state index in [4.69, 9.17) is 0 Å². The molecule has 0 amide bonds. The van der Waals surface area contributed by atoms with Gasteiger partial charge in [-0.2, -0.15) is 18.4 Å². The molecule has 2 aromatic carbocycles. The zero-order valence-corrected chi connectivity index (χ0v) is 13.1. The van der Waals surface area contributed by atoms with E-state index in [-0.39, 0.29) is 22.3 Å². The molecule has 0 saturated heterocycles. The number of aromatic amines is 1. The molecule has 2 aromatic heterocycles. The summed E-state index contributed by atoms with van der Waals surface area (Å²) < 4.78 is 40.4. The Morgan fingerprint density at radius 2 is 1.81 bits per heavy atom. The first-order valence-corrected chi connectivity index (χ1v) is 7.64. The Labute approximate surface area is 144 Å². The van der Waals surface area contributed by atoms with Crippen LogP contribution in [0, 0.1) is 11.3 Å². The molecular weight excluding hydrogens is 343 g/mol. The zero-order valence-electron chi connectivity index (χ0n) is 13.1. The summed E-state index contributed by atoms with van der Waals surface area (Å²) in [4.78, 5) is 15.6. The van der Waals surface area contributed by atoms with Crippen LogP contribution in [0.15, 0.2) is 59.4 Å². The van der Waals surface area contributed by atoms with E-state index in [1.54, 1.807) is 24.3 Å². The molecule has 0 fully saturated rings. The first-order valence-electron chi connectivity index (χ1n) is 7.64. The topological polar surface area (TPSA) is 61.1 Å². The molecular formula is C19H10F3N3O. The Balaban J connectivity index is 2.08. The molecule has 128 valence electrons. The van der Waals surface area contributed by atoms with E-state index in [0.29, 0.717) is 11.0 Å². The fourth-order valence-electron chi connectivity index (χ4n) is 3.07. The van der Waals surface area contributed by atoms with Crippen molar-refractivity contribution < 1.29 is 13.2 Å². The van der Waals surface area contributed by atoms with Crippen LogP contribution in [0.3, 0.4) is 0 Å². The SMILES string of the molecule is N#Cc1c(-c2cccc(C(F)(F)F)c2)cc(=O)n2c1[nH]c1ccccc12. The van der Waals surface area contributed by atoms with Crippen molar-refractivity contribution in [3.8, 4) is 17.2 Å². The van der Waals surface area contributed by atoms with Gasteiger partial charge in [0.25, 0.3) is 5.56 Å². The highest BCUT2D eigenvalue weighted by Crippen LogP contribution is 2.33. The lowest BCUT2D eigenvalue weighted by atomic mass is 9.99. The molecule has 0 spiro atoms. The van der Waals surface area contributed by atoms with Crippen molar-refractivity contribution in [1.29, 1.82) is 5.26 Å². The van der Waals surface area contributed by atoms with Crippen molar-refractivity contribution in [3.63, 3.8) is 0 Å². The third-order valence-electron chi connectivity index (χ3n) is 4.23. The highest BCUT2D eigenvalue weighted by molar-refractivity contribution is 5.86. The second-order valence-corrected chi connectivity index (χ2v) is 5.79. The molecule has 1 N–H and O–H groups in total. The van der Waals surface area contributed by atoms with Crippen molar-refractivity contribution in [2.75, 3.05) is 0 Å². The number of hydrogen-bond donors (Lipinski definition) is 1. The van der Waals surface area contributed by atoms with Crippen LogP contribution in [-0.2, 0) is 6.18 Å². The van der Waals surface area contributed by atoms with Crippen LogP contribution < -0.4 is 5.56 Å². The van der Waals surface area contributed by atoms with Gasteiger partial charge in [0.1, 0.15) is 17.3 Å². The van der Waals surface area contributed by atoms with Crippen molar-refractivity contribution in [2.24, 2.45) is 0 Å². The van der Waals surface area contributed by atoms with Gasteiger partial charge in [-0.15, -0.1) is 0 Å². The van der Waals surface area contributed by atoms with Crippen LogP contribution in [0.25, 0.3) is 27.8 Å². The van der Waals surface area contributed by atoms with Crippen LogP contribution in [-0.4, -0.2) is 9.38 Å². The summed E-state index contributed by atoms with van der Waals surface area (Å²) in [5.41, 5.74) is 0.681. The lowest BCUT2D eigenvalue weighted by Gasteiger charge is -2.10. The minimum atomic E-state index is -4.51. The molecule has 0 bridgehead atoms. The number of nitrogens with zero attached hydrogens (tertiary/aromatic N) is 2. The molecule has 4 rings (SSSR count). The average molecular weight is 353 g/mol. The van der Waals surface area contributed by atoms with Crippen molar-refractivity contribution >= 4 is 16.7 Å². The predicted molar refractivity (Wildman–Crippen MR) is 90.7 cm³/mol. The number of fused-ring (bicyclic) bond motifs is 3. The fraction of sp³-hybridized carbons (Fsp3) is 0.0526. The molecule has 0 aliphatic heterocycles. The van der Waals surface area contributed by atoms with E-state index >= 15 is 0 Å². The second-order valence-electron chi connectivity index (χ2n) is 5.79. The van der Waals surface area contributed by atoms with Crippen molar-refractivity contribution in [2.45, 2.75) is 6.18 Å². The van der Waals surface area contributed by atoms with Gasteiger partial charge in [0, 0.05) is 11.6 Å². The lowest BCUT2D eigenvalue weighted by Crippen LogP contribution is -2.13. The lowest BCUT2D eigenvalue weighted by molar-refractivity contribution is -0.137. The van der Waals surface area contributed by atoms with Gasteiger partial charge < -0.3 is 4.98 Å². The van der Waals surface area contributed by atoms with Crippen molar-refractivity contribution in [3.05, 3.63) is 76.1 Å². The number of benzene rings is 2. The monoisotopic (exact) mass is 353 g/mol. The zero-order chi connectivity index (χ0) is 18.5. The van der Waals surface area contributed by atoms with Gasteiger partial charge in [-0.3, -0.25) is 9.20 Å². The second kappa shape index (κ2) is 5.49. The van der Waals surface area contributed by atoms with Crippen LogP contribution >= 0.6 is 0 Å². The number of H-pyrrole nitrogens is 1. The number of halogens is 3. The number of nitriles is 1. The highest BCUT2D eigenvalue weighted by atomic mass is 19.4. The minimum absolute atomic E-state index is 0.111. The van der Waals surface area contributed by atoms with Gasteiger partial charge >= 0.3 is 6.18 Å². The summed E-state index contributed by atoms with van der Waals surface area (Å²) >= 11 is 0. The molecule has 0 radical (unpaired) electrons. The van der Waals surface area contributed by atoms with E-state index in [0.717, 1.165) is 12.1 Å². The van der Waals surface area contributed by atoms with Gasteiger partial charge in [0.15, 0.2) is 0 Å². The van der Waals surface area contributed by atoms with Crippen LogP contribution in [0.5, 0.6) is 0 Å². The minimum Gasteiger partial charge on any atom is -0.338 e. The quantitative estimate of drug-likeness (QED) is 0.553. The van der Waals surface area contributed by atoms with E-state index in [2.05, 4.69) is 4.98 Å². The van der Waals surface area contributed by atoms with Gasteiger partial charge in [0.05, 0.1) is 16.6 Å². The summed E-state index contributed by atoms with van der Waals surface area (Å²) in [5.74, 6) is 0. The van der Waals surface area contributed by atoms with Crippen LogP contribution in [0.4, 0.5) is 13.2 Å². The molecule has 0 saturated carbocycles. The molecule has 4 aromatic rings. The Bertz CT molecular complexity index is 1260. The molecule has 2 heterocycles. The number of hydrogen-bond acceptors (Lipinski definition) is 2. The number of alkyl halides is 3. The number of pyridine rings is 1. The maximum atomic E-state index is 13.0. The maximum Gasteiger partial charge on any atom is 0.416 e. The smallest absolute Gasteiger partial charge is 0.338 e. The van der Waals surface area contributed by atoms with Gasteiger partial charge in [-0.05, 0) is 29.8 Å². The molecule has 0 unspecified atom stereocenters. The summed E-state index contributed by atoms with van der Waals surface area (Å²) in [7, 11) is 0. The van der Waals surface area contributed by atoms with E-state index in [1.165, 1.54) is 22.6 Å². The molecule has 7 heteroatoms. The van der Waals surface area contributed by atoms with Gasteiger partial charge in [0.2, 0.25) is 0 Å². The number of para-hydroxylation sites is 2. The fourth-order valence-corrected chi connectivity index (χ4v) is 3.07. The summed E-state index contributed by atoms with van der Waals surface area (Å²) in [6.45, 7) is 0. The standard InChI is InChI=1S/C19H10F3N3O/c20-19(21,22)12-5-3-4-11(8-12)13-9-17(26)25-16-7-2-1-6-15(16)24-18(25)14(13)10-23/h1-9,24H. The third-order valence-corrected chi connectivity index (χ3v) is 4.23. The highest BCUT2D eigenvalue weighted by Gasteiger charge is 2.30. The van der Waals surface area contributed by atoms with E-state index in [9.17, 15) is 23.2 Å². The first-order chi connectivity index (χ1) is 12.4. The Morgan fingerprint density at radius 3 is 2.54 bits per heavy atom. The predicted octanol–water partition coefficient (Wildman–Crippen LogP) is 4.34. The molecule has 0 atom stereocenters. The van der Waals surface area contributed by atoms with Crippen LogP contribution in [0.1, 0.15) is 11.1 Å². The van der Waals surface area contributed by atoms with E-state index < -0.39 is 17.3 Å². The van der Waals surface area contributed by atoms with Gasteiger partial charge in [-0.25, -0.2) is 0 Å². The van der Waals surface area contributed by atoms with Crippen molar-refractivity contribution in [1.82, 2.24) is 9.38 Å². The van der Waals surface area contributed by atoms with E-state index in [1.807, 2.05) is 6.07 Å². The number of aromatic nitrogens is 2. The number of imidazole rings is 1. The Morgan fingerprint density at radius 1 is 1.04 bits per heavy atom. The number of nitrogens with one attached hydrogen (secondary N) is 1. The van der Waals surface area contributed by atoms with Gasteiger partial charge in [-0.1, -0.05) is 24.3 Å². The maximum absolute atomic E-state index is 13.0. The molecule has 0 aliphatic rings. The molecule has 4 nitrogen and oxygen atoms in total.